The van der Waals surface area contributed by atoms with Crippen molar-refractivity contribution >= 4 is 5.91 Å². The van der Waals surface area contributed by atoms with Gasteiger partial charge in [0.05, 0.1) is 25.4 Å². The van der Waals surface area contributed by atoms with Gasteiger partial charge in [0.15, 0.2) is 0 Å². The summed E-state index contributed by atoms with van der Waals surface area (Å²) in [4.78, 5) is 10.7. The van der Waals surface area contributed by atoms with E-state index in [-0.39, 0.29) is 25.3 Å². The fourth-order valence-electron chi connectivity index (χ4n) is 1.03. The lowest BCUT2D eigenvalue weighted by atomic mass is 10.2. The van der Waals surface area contributed by atoms with Gasteiger partial charge in [0.1, 0.15) is 6.79 Å². The molecule has 0 aliphatic carbocycles. The summed E-state index contributed by atoms with van der Waals surface area (Å²) in [6.07, 6.45) is -0.684. The van der Waals surface area contributed by atoms with Crippen molar-refractivity contribution in [2.75, 3.05) is 20.0 Å². The molecule has 1 saturated heterocycles. The molecule has 2 N–H and O–H groups in total. The van der Waals surface area contributed by atoms with Gasteiger partial charge >= 0.3 is 0 Å². The fraction of sp³-hybridized carbons (Fsp3) is 0.857. The van der Waals surface area contributed by atoms with E-state index in [0.717, 1.165) is 0 Å². The zero-order valence-electron chi connectivity index (χ0n) is 6.95. The first-order chi connectivity index (χ1) is 5.70. The molecule has 5 nitrogen and oxygen atoms in total. The zero-order chi connectivity index (χ0) is 8.97. The van der Waals surface area contributed by atoms with Gasteiger partial charge in [-0.2, -0.15) is 0 Å². The first kappa shape index (κ1) is 9.44. The molecule has 0 saturated carbocycles. The van der Waals surface area contributed by atoms with E-state index in [1.54, 1.807) is 0 Å². The average molecular weight is 175 g/mol. The molecule has 1 rings (SSSR count). The van der Waals surface area contributed by atoms with Crippen LogP contribution in [-0.4, -0.2) is 43.2 Å². The second kappa shape index (κ2) is 4.39. The molecule has 70 valence electrons. The maximum atomic E-state index is 10.7. The van der Waals surface area contributed by atoms with E-state index < -0.39 is 6.10 Å². The Morgan fingerprint density at radius 1 is 1.50 bits per heavy atom. The molecule has 5 heteroatoms. The maximum absolute atomic E-state index is 10.7. The van der Waals surface area contributed by atoms with Crippen LogP contribution in [0.1, 0.15) is 6.92 Å². The van der Waals surface area contributed by atoms with Gasteiger partial charge in [-0.1, -0.05) is 0 Å². The highest BCUT2D eigenvalue weighted by molar-refractivity contribution is 5.73. The Morgan fingerprint density at radius 2 is 2.17 bits per heavy atom. The molecule has 0 radical (unpaired) electrons. The van der Waals surface area contributed by atoms with Gasteiger partial charge in [-0.25, -0.2) is 0 Å². The minimum atomic E-state index is -0.684. The molecule has 0 aromatic carbocycles. The molecular weight excluding hydrogens is 162 g/mol. The molecule has 0 aromatic rings. The summed E-state index contributed by atoms with van der Waals surface area (Å²) in [7, 11) is 0. The molecule has 0 aromatic heterocycles. The standard InChI is InChI=1S/C7H13NO4/c1-5(9)8-6-2-11-4-12-3-7(6)10/h6-7,10H,2-4H2,1H3,(H,8,9). The van der Waals surface area contributed by atoms with Crippen molar-refractivity contribution in [1.82, 2.24) is 5.32 Å². The Balaban J connectivity index is 2.41. The predicted octanol–water partition coefficient (Wildman–Crippen LogP) is -1.14. The lowest BCUT2D eigenvalue weighted by Gasteiger charge is -2.18. The summed E-state index contributed by atoms with van der Waals surface area (Å²) in [6.45, 7) is 2.07. The first-order valence-corrected chi connectivity index (χ1v) is 3.81. The third-order valence-electron chi connectivity index (χ3n) is 1.61. The minimum absolute atomic E-state index is 0.174. The highest BCUT2D eigenvalue weighted by atomic mass is 16.7. The molecule has 0 bridgehead atoms. The van der Waals surface area contributed by atoms with Crippen molar-refractivity contribution in [2.45, 2.75) is 19.1 Å². The van der Waals surface area contributed by atoms with Crippen LogP contribution in [0.3, 0.4) is 0 Å². The monoisotopic (exact) mass is 175 g/mol. The topological polar surface area (TPSA) is 67.8 Å². The van der Waals surface area contributed by atoms with E-state index in [4.69, 9.17) is 9.47 Å². The van der Waals surface area contributed by atoms with E-state index >= 15 is 0 Å². The second-order valence-corrected chi connectivity index (χ2v) is 2.73. The molecule has 2 unspecified atom stereocenters. The van der Waals surface area contributed by atoms with Crippen LogP contribution in [0.5, 0.6) is 0 Å². The molecular formula is C7H13NO4. The number of hydrogen-bond acceptors (Lipinski definition) is 4. The Bertz CT molecular complexity index is 161. The summed E-state index contributed by atoms with van der Waals surface area (Å²) < 4.78 is 9.88. The summed E-state index contributed by atoms with van der Waals surface area (Å²) in [5, 5.41) is 12.0. The van der Waals surface area contributed by atoms with E-state index in [2.05, 4.69) is 5.32 Å². The van der Waals surface area contributed by atoms with Crippen molar-refractivity contribution in [2.24, 2.45) is 0 Å². The van der Waals surface area contributed by atoms with Gasteiger partial charge < -0.3 is 19.9 Å². The van der Waals surface area contributed by atoms with E-state index in [9.17, 15) is 9.90 Å². The number of hydrogen-bond donors (Lipinski definition) is 2. The summed E-state index contributed by atoms with van der Waals surface area (Å²) in [5.41, 5.74) is 0. The van der Waals surface area contributed by atoms with Crippen molar-refractivity contribution in [3.05, 3.63) is 0 Å². The largest absolute Gasteiger partial charge is 0.388 e. The molecule has 0 spiro atoms. The van der Waals surface area contributed by atoms with Crippen LogP contribution >= 0.6 is 0 Å². The van der Waals surface area contributed by atoms with Crippen LogP contribution in [0.4, 0.5) is 0 Å². The lowest BCUT2D eigenvalue weighted by molar-refractivity contribution is -0.120. The fourth-order valence-corrected chi connectivity index (χ4v) is 1.03. The molecule has 1 aliphatic rings. The van der Waals surface area contributed by atoms with Crippen molar-refractivity contribution in [3.63, 3.8) is 0 Å². The Morgan fingerprint density at radius 3 is 2.83 bits per heavy atom. The lowest BCUT2D eigenvalue weighted by Crippen LogP contribution is -2.45. The molecule has 1 aliphatic heterocycles. The number of aliphatic hydroxyl groups is 1. The number of nitrogens with one attached hydrogen (secondary N) is 1. The minimum Gasteiger partial charge on any atom is -0.388 e. The molecule has 12 heavy (non-hydrogen) atoms. The van der Waals surface area contributed by atoms with E-state index in [1.165, 1.54) is 6.92 Å². The van der Waals surface area contributed by atoms with E-state index in [0.29, 0.717) is 6.61 Å². The average Bonchev–Trinajstić information content (AvgIpc) is 2.16. The number of aliphatic hydroxyl groups excluding tert-OH is 1. The van der Waals surface area contributed by atoms with Crippen molar-refractivity contribution < 1.29 is 19.4 Å². The Labute approximate surface area is 70.7 Å². The molecule has 2 atom stereocenters. The number of ether oxygens (including phenoxy) is 2. The van der Waals surface area contributed by atoms with Crippen molar-refractivity contribution in [3.8, 4) is 0 Å². The van der Waals surface area contributed by atoms with Gasteiger partial charge in [0.2, 0.25) is 5.91 Å². The zero-order valence-corrected chi connectivity index (χ0v) is 6.95. The van der Waals surface area contributed by atoms with Crippen LogP contribution in [0.15, 0.2) is 0 Å². The van der Waals surface area contributed by atoms with Crippen LogP contribution < -0.4 is 5.32 Å². The van der Waals surface area contributed by atoms with Gasteiger partial charge in [-0.3, -0.25) is 4.79 Å². The molecule has 1 amide bonds. The normalized spacial score (nSPS) is 30.8. The van der Waals surface area contributed by atoms with Gasteiger partial charge in [0, 0.05) is 6.92 Å². The van der Waals surface area contributed by atoms with Crippen molar-refractivity contribution in [1.29, 1.82) is 0 Å². The highest BCUT2D eigenvalue weighted by Gasteiger charge is 2.22. The van der Waals surface area contributed by atoms with Crippen LogP contribution in [0.2, 0.25) is 0 Å². The summed E-state index contributed by atoms with van der Waals surface area (Å²) >= 11 is 0. The highest BCUT2D eigenvalue weighted by Crippen LogP contribution is 2.01. The summed E-state index contributed by atoms with van der Waals surface area (Å²) in [6, 6.07) is -0.356. The van der Waals surface area contributed by atoms with E-state index in [1.807, 2.05) is 0 Å². The number of carbonyl (C=O) groups excluding carboxylic acids is 1. The Kier molecular flexibility index (Phi) is 3.46. The van der Waals surface area contributed by atoms with Gasteiger partial charge in [-0.05, 0) is 0 Å². The van der Waals surface area contributed by atoms with Crippen LogP contribution in [0, 0.1) is 0 Å². The third kappa shape index (κ3) is 2.77. The quantitative estimate of drug-likeness (QED) is 0.528. The van der Waals surface area contributed by atoms with Gasteiger partial charge in [-0.15, -0.1) is 0 Å². The molecule has 1 heterocycles. The number of carbonyl (C=O) groups is 1. The number of rotatable bonds is 1. The third-order valence-corrected chi connectivity index (χ3v) is 1.61. The van der Waals surface area contributed by atoms with Gasteiger partial charge in [0.25, 0.3) is 0 Å². The Hall–Kier alpha value is -0.650. The maximum Gasteiger partial charge on any atom is 0.217 e. The molecule has 1 fully saturated rings. The van der Waals surface area contributed by atoms with Crippen LogP contribution in [-0.2, 0) is 14.3 Å². The SMILES string of the molecule is CC(=O)NC1COCOCC1O. The van der Waals surface area contributed by atoms with Crippen LogP contribution in [0.25, 0.3) is 0 Å². The summed E-state index contributed by atoms with van der Waals surface area (Å²) in [5.74, 6) is -0.176. The predicted molar refractivity (Wildman–Crippen MR) is 40.4 cm³/mol. The second-order valence-electron chi connectivity index (χ2n) is 2.73. The smallest absolute Gasteiger partial charge is 0.217 e. The number of amides is 1. The first-order valence-electron chi connectivity index (χ1n) is 3.81.